The number of aryl methyl sites for hydroxylation is 1. The molecule has 0 saturated heterocycles. The van der Waals surface area contributed by atoms with Crippen LogP contribution in [0.5, 0.6) is 0 Å². The zero-order valence-electron chi connectivity index (χ0n) is 9.91. The van der Waals surface area contributed by atoms with Crippen LogP contribution in [0.1, 0.15) is 23.6 Å². The SMILES string of the molecule is C=CCC(c1ccccc1C)n1ccnc1.Cl. The van der Waals surface area contributed by atoms with Crippen molar-refractivity contribution in [2.75, 3.05) is 0 Å². The van der Waals surface area contributed by atoms with E-state index in [1.165, 1.54) is 11.1 Å². The van der Waals surface area contributed by atoms with E-state index in [1.54, 1.807) is 0 Å². The fraction of sp³-hybridized carbons (Fsp3) is 0.214. The Kier molecular flexibility index (Phi) is 4.98. The van der Waals surface area contributed by atoms with Crippen molar-refractivity contribution in [1.29, 1.82) is 0 Å². The Morgan fingerprint density at radius 1 is 1.41 bits per heavy atom. The first-order valence-corrected chi connectivity index (χ1v) is 5.47. The molecule has 1 heterocycles. The van der Waals surface area contributed by atoms with Crippen molar-refractivity contribution in [3.05, 3.63) is 66.8 Å². The molecule has 1 unspecified atom stereocenters. The molecule has 0 aliphatic heterocycles. The molecule has 1 aromatic heterocycles. The van der Waals surface area contributed by atoms with Crippen molar-refractivity contribution >= 4 is 12.4 Å². The van der Waals surface area contributed by atoms with Crippen molar-refractivity contribution in [3.63, 3.8) is 0 Å². The van der Waals surface area contributed by atoms with E-state index in [1.807, 2.05) is 24.8 Å². The van der Waals surface area contributed by atoms with Gasteiger partial charge in [0.05, 0.1) is 12.4 Å². The first-order chi connectivity index (χ1) is 7.83. The Bertz CT molecular complexity index is 463. The summed E-state index contributed by atoms with van der Waals surface area (Å²) in [6.45, 7) is 5.97. The predicted molar refractivity (Wildman–Crippen MR) is 73.6 cm³/mol. The van der Waals surface area contributed by atoms with Crippen LogP contribution >= 0.6 is 12.4 Å². The zero-order chi connectivity index (χ0) is 11.4. The van der Waals surface area contributed by atoms with Crippen LogP contribution in [0.25, 0.3) is 0 Å². The fourth-order valence-corrected chi connectivity index (χ4v) is 1.98. The van der Waals surface area contributed by atoms with Crippen LogP contribution in [-0.2, 0) is 0 Å². The summed E-state index contributed by atoms with van der Waals surface area (Å²) in [6.07, 6.45) is 8.55. The number of benzene rings is 1. The van der Waals surface area contributed by atoms with E-state index in [9.17, 15) is 0 Å². The topological polar surface area (TPSA) is 17.8 Å². The third-order valence-corrected chi connectivity index (χ3v) is 2.82. The first-order valence-electron chi connectivity index (χ1n) is 5.47. The quantitative estimate of drug-likeness (QED) is 0.753. The Balaban J connectivity index is 0.00000144. The van der Waals surface area contributed by atoms with Gasteiger partial charge in [-0.15, -0.1) is 19.0 Å². The lowest BCUT2D eigenvalue weighted by Crippen LogP contribution is -2.09. The molecule has 90 valence electrons. The van der Waals surface area contributed by atoms with E-state index in [-0.39, 0.29) is 12.4 Å². The van der Waals surface area contributed by atoms with Gasteiger partial charge in [-0.2, -0.15) is 0 Å². The summed E-state index contributed by atoms with van der Waals surface area (Å²) in [7, 11) is 0. The number of hydrogen-bond donors (Lipinski definition) is 0. The molecule has 0 saturated carbocycles. The highest BCUT2D eigenvalue weighted by atomic mass is 35.5. The van der Waals surface area contributed by atoms with Gasteiger partial charge < -0.3 is 4.57 Å². The molecular formula is C14H17ClN2. The third kappa shape index (κ3) is 2.98. The van der Waals surface area contributed by atoms with Crippen LogP contribution in [-0.4, -0.2) is 9.55 Å². The minimum Gasteiger partial charge on any atom is -0.330 e. The minimum atomic E-state index is 0. The lowest BCUT2D eigenvalue weighted by Gasteiger charge is -2.19. The second-order valence-electron chi connectivity index (χ2n) is 3.91. The van der Waals surface area contributed by atoms with Gasteiger partial charge >= 0.3 is 0 Å². The maximum absolute atomic E-state index is 4.11. The van der Waals surface area contributed by atoms with Gasteiger partial charge in [-0.1, -0.05) is 30.3 Å². The smallest absolute Gasteiger partial charge is 0.0951 e. The molecule has 0 bridgehead atoms. The molecule has 2 aromatic rings. The zero-order valence-corrected chi connectivity index (χ0v) is 10.7. The standard InChI is InChI=1S/C14H16N2.ClH/c1-3-6-14(16-10-9-15-11-16)13-8-5-4-7-12(13)2;/h3-5,7-11,14H,1,6H2,2H3;1H. The molecule has 0 radical (unpaired) electrons. The van der Waals surface area contributed by atoms with E-state index in [0.29, 0.717) is 6.04 Å². The molecule has 0 aliphatic rings. The number of rotatable bonds is 4. The number of aromatic nitrogens is 2. The average molecular weight is 249 g/mol. The van der Waals surface area contributed by atoms with Crippen LogP contribution in [0.4, 0.5) is 0 Å². The average Bonchev–Trinajstić information content (AvgIpc) is 2.80. The van der Waals surface area contributed by atoms with Crippen molar-refractivity contribution in [2.24, 2.45) is 0 Å². The highest BCUT2D eigenvalue weighted by Crippen LogP contribution is 2.24. The van der Waals surface area contributed by atoms with E-state index >= 15 is 0 Å². The van der Waals surface area contributed by atoms with Crippen LogP contribution in [0.2, 0.25) is 0 Å². The van der Waals surface area contributed by atoms with Crippen molar-refractivity contribution in [3.8, 4) is 0 Å². The largest absolute Gasteiger partial charge is 0.330 e. The van der Waals surface area contributed by atoms with Gasteiger partial charge in [0.15, 0.2) is 0 Å². The maximum atomic E-state index is 4.11. The van der Waals surface area contributed by atoms with E-state index in [2.05, 4.69) is 47.3 Å². The summed E-state index contributed by atoms with van der Waals surface area (Å²) in [5.41, 5.74) is 2.64. The van der Waals surface area contributed by atoms with Gasteiger partial charge in [-0.05, 0) is 24.5 Å². The van der Waals surface area contributed by atoms with Crippen LogP contribution in [0, 0.1) is 6.92 Å². The Labute approximate surface area is 108 Å². The van der Waals surface area contributed by atoms with Crippen molar-refractivity contribution in [1.82, 2.24) is 9.55 Å². The fourth-order valence-electron chi connectivity index (χ4n) is 1.98. The minimum absolute atomic E-state index is 0. The predicted octanol–water partition coefficient (Wildman–Crippen LogP) is 3.78. The van der Waals surface area contributed by atoms with Gasteiger partial charge in [0, 0.05) is 12.4 Å². The number of nitrogens with zero attached hydrogens (tertiary/aromatic N) is 2. The van der Waals surface area contributed by atoms with Crippen LogP contribution in [0.3, 0.4) is 0 Å². The molecule has 2 rings (SSSR count). The van der Waals surface area contributed by atoms with E-state index in [4.69, 9.17) is 0 Å². The molecule has 3 heteroatoms. The molecule has 1 aromatic carbocycles. The van der Waals surface area contributed by atoms with Gasteiger partial charge in [-0.25, -0.2) is 4.98 Å². The summed E-state index contributed by atoms with van der Waals surface area (Å²) in [4.78, 5) is 4.11. The normalized spacial score (nSPS) is 11.6. The molecular weight excluding hydrogens is 232 g/mol. The Morgan fingerprint density at radius 3 is 2.76 bits per heavy atom. The second-order valence-corrected chi connectivity index (χ2v) is 3.91. The van der Waals surface area contributed by atoms with Crippen LogP contribution < -0.4 is 0 Å². The first kappa shape index (κ1) is 13.5. The molecule has 1 atom stereocenters. The molecule has 0 aliphatic carbocycles. The highest BCUT2D eigenvalue weighted by Gasteiger charge is 2.12. The number of hydrogen-bond acceptors (Lipinski definition) is 1. The number of imidazole rings is 1. The number of halogens is 1. The Hall–Kier alpha value is -1.54. The van der Waals surface area contributed by atoms with Crippen molar-refractivity contribution in [2.45, 2.75) is 19.4 Å². The van der Waals surface area contributed by atoms with Crippen molar-refractivity contribution < 1.29 is 0 Å². The molecule has 0 spiro atoms. The second kappa shape index (κ2) is 6.26. The highest BCUT2D eigenvalue weighted by molar-refractivity contribution is 5.85. The van der Waals surface area contributed by atoms with E-state index in [0.717, 1.165) is 6.42 Å². The summed E-state index contributed by atoms with van der Waals surface area (Å²) in [5, 5.41) is 0. The van der Waals surface area contributed by atoms with Crippen LogP contribution in [0.15, 0.2) is 55.6 Å². The lowest BCUT2D eigenvalue weighted by atomic mass is 9.99. The molecule has 17 heavy (non-hydrogen) atoms. The van der Waals surface area contributed by atoms with Gasteiger partial charge in [0.25, 0.3) is 0 Å². The Morgan fingerprint density at radius 2 is 2.18 bits per heavy atom. The van der Waals surface area contributed by atoms with E-state index < -0.39 is 0 Å². The maximum Gasteiger partial charge on any atom is 0.0951 e. The molecule has 2 nitrogen and oxygen atoms in total. The molecule has 0 amide bonds. The lowest BCUT2D eigenvalue weighted by molar-refractivity contribution is 0.589. The van der Waals surface area contributed by atoms with Gasteiger partial charge in [0.1, 0.15) is 0 Å². The molecule has 0 N–H and O–H groups in total. The summed E-state index contributed by atoms with van der Waals surface area (Å²) in [5.74, 6) is 0. The molecule has 0 fully saturated rings. The number of allylic oxidation sites excluding steroid dienone is 1. The third-order valence-electron chi connectivity index (χ3n) is 2.82. The van der Waals surface area contributed by atoms with Gasteiger partial charge in [-0.3, -0.25) is 0 Å². The van der Waals surface area contributed by atoms with Gasteiger partial charge in [0.2, 0.25) is 0 Å². The monoisotopic (exact) mass is 248 g/mol. The summed E-state index contributed by atoms with van der Waals surface area (Å²) in [6, 6.07) is 8.76. The summed E-state index contributed by atoms with van der Waals surface area (Å²) < 4.78 is 2.13. The summed E-state index contributed by atoms with van der Waals surface area (Å²) >= 11 is 0.